The monoisotopic (exact) mass is 224 g/mol. The lowest BCUT2D eigenvalue weighted by atomic mass is 9.85. The number of alkyl halides is 3. The van der Waals surface area contributed by atoms with Gasteiger partial charge in [-0.15, -0.1) is 0 Å². The molecule has 0 aromatic heterocycles. The van der Waals surface area contributed by atoms with E-state index in [2.05, 4.69) is 6.58 Å². The number of hydrogen-bond donors (Lipinski definition) is 0. The Morgan fingerprint density at radius 3 is 2.38 bits per heavy atom. The lowest BCUT2D eigenvalue weighted by Crippen LogP contribution is -2.18. The summed E-state index contributed by atoms with van der Waals surface area (Å²) in [5.74, 6) is -0.465. The van der Waals surface area contributed by atoms with Crippen molar-refractivity contribution in [1.29, 1.82) is 0 Å². The zero-order valence-corrected chi connectivity index (χ0v) is 8.56. The van der Waals surface area contributed by atoms with Crippen molar-refractivity contribution >= 4 is 25.2 Å². The fourth-order valence-corrected chi connectivity index (χ4v) is 1.34. The Balaban J connectivity index is 3.55. The van der Waals surface area contributed by atoms with Gasteiger partial charge in [0, 0.05) is 5.56 Å². The van der Waals surface area contributed by atoms with Crippen LogP contribution in [0.2, 0.25) is 0 Å². The number of hydrogen-bond acceptors (Lipinski definition) is 1. The molecule has 2 radical (unpaired) electrons. The van der Waals surface area contributed by atoms with Crippen molar-refractivity contribution in [2.24, 2.45) is 0 Å². The van der Waals surface area contributed by atoms with E-state index in [4.69, 9.17) is 7.85 Å². The first-order valence-electron chi connectivity index (χ1n) is 4.41. The van der Waals surface area contributed by atoms with E-state index in [0.717, 1.165) is 12.1 Å². The Labute approximate surface area is 92.4 Å². The summed E-state index contributed by atoms with van der Waals surface area (Å²) in [5, 5.41) is 0. The van der Waals surface area contributed by atoms with Crippen LogP contribution in [0, 0.1) is 0 Å². The van der Waals surface area contributed by atoms with Gasteiger partial charge < -0.3 is 0 Å². The van der Waals surface area contributed by atoms with Gasteiger partial charge in [-0.25, -0.2) is 0 Å². The molecule has 0 aliphatic heterocycles. The predicted octanol–water partition coefficient (Wildman–Crippen LogP) is 2.34. The molecule has 0 heterocycles. The number of ketones is 1. The Hall–Kier alpha value is -1.52. The van der Waals surface area contributed by atoms with Crippen molar-refractivity contribution in [2.75, 3.05) is 0 Å². The number of halogens is 3. The standard InChI is InChI=1S/C11H8BF3O/c1-3-8-9(11(13,14)15)4-7(6(2)16)5-10(8)12/h3-5H,1H2,2H3. The SMILES string of the molecule is [B]c1cc(C(C)=O)cc(C(F)(F)F)c1C=C. The van der Waals surface area contributed by atoms with Crippen molar-refractivity contribution in [3.05, 3.63) is 35.4 Å². The molecular weight excluding hydrogens is 216 g/mol. The van der Waals surface area contributed by atoms with E-state index in [0.29, 0.717) is 0 Å². The zero-order valence-electron chi connectivity index (χ0n) is 8.56. The van der Waals surface area contributed by atoms with Crippen LogP contribution < -0.4 is 5.46 Å². The van der Waals surface area contributed by atoms with Crippen molar-refractivity contribution in [2.45, 2.75) is 13.1 Å². The first kappa shape index (κ1) is 12.6. The highest BCUT2D eigenvalue weighted by atomic mass is 19.4. The van der Waals surface area contributed by atoms with E-state index >= 15 is 0 Å². The molecule has 5 heteroatoms. The summed E-state index contributed by atoms with van der Waals surface area (Å²) in [7, 11) is 5.44. The normalized spacial score (nSPS) is 11.2. The van der Waals surface area contributed by atoms with Crippen molar-refractivity contribution in [3.63, 3.8) is 0 Å². The Morgan fingerprint density at radius 1 is 1.44 bits per heavy atom. The molecule has 0 N–H and O–H groups in total. The quantitative estimate of drug-likeness (QED) is 0.556. The fourth-order valence-electron chi connectivity index (χ4n) is 1.34. The van der Waals surface area contributed by atoms with Crippen LogP contribution >= 0.6 is 0 Å². The molecule has 82 valence electrons. The average Bonchev–Trinajstić information content (AvgIpc) is 2.14. The maximum Gasteiger partial charge on any atom is 0.416 e. The molecule has 0 amide bonds. The lowest BCUT2D eigenvalue weighted by molar-refractivity contribution is -0.137. The summed E-state index contributed by atoms with van der Waals surface area (Å²) in [5.41, 5.74) is -1.30. The van der Waals surface area contributed by atoms with Gasteiger partial charge in [0.2, 0.25) is 0 Å². The largest absolute Gasteiger partial charge is 0.416 e. The summed E-state index contributed by atoms with van der Waals surface area (Å²) in [6, 6.07) is 2.00. The van der Waals surface area contributed by atoms with Crippen molar-refractivity contribution in [3.8, 4) is 0 Å². The van der Waals surface area contributed by atoms with Crippen molar-refractivity contribution < 1.29 is 18.0 Å². The van der Waals surface area contributed by atoms with Gasteiger partial charge in [-0.1, -0.05) is 24.2 Å². The molecule has 1 nitrogen and oxygen atoms in total. The van der Waals surface area contributed by atoms with Crippen LogP contribution in [0.1, 0.15) is 28.4 Å². The minimum absolute atomic E-state index is 0.0598. The third kappa shape index (κ3) is 2.35. The minimum atomic E-state index is -4.55. The highest BCUT2D eigenvalue weighted by molar-refractivity contribution is 6.35. The summed E-state index contributed by atoms with van der Waals surface area (Å²) in [6.45, 7) is 4.46. The van der Waals surface area contributed by atoms with Gasteiger partial charge in [0.25, 0.3) is 0 Å². The number of carbonyl (C=O) groups excluding carboxylic acids is 1. The minimum Gasteiger partial charge on any atom is -0.295 e. The fraction of sp³-hybridized carbons (Fsp3) is 0.182. The molecule has 0 aliphatic carbocycles. The smallest absolute Gasteiger partial charge is 0.295 e. The maximum absolute atomic E-state index is 12.6. The topological polar surface area (TPSA) is 17.1 Å². The van der Waals surface area contributed by atoms with Crippen LogP contribution in [-0.4, -0.2) is 13.6 Å². The average molecular weight is 224 g/mol. The number of Topliss-reactive ketones (excluding diaryl/α,β-unsaturated/α-hetero) is 1. The van der Waals surface area contributed by atoms with Crippen LogP contribution in [-0.2, 0) is 6.18 Å². The van der Waals surface area contributed by atoms with E-state index in [-0.39, 0.29) is 16.6 Å². The second kappa shape index (κ2) is 4.16. The Bertz CT molecular complexity index is 449. The van der Waals surface area contributed by atoms with Crippen LogP contribution in [0.25, 0.3) is 6.08 Å². The van der Waals surface area contributed by atoms with Crippen LogP contribution in [0.5, 0.6) is 0 Å². The van der Waals surface area contributed by atoms with Crippen LogP contribution in [0.15, 0.2) is 18.7 Å². The molecule has 0 bridgehead atoms. The molecule has 0 spiro atoms. The Kier molecular flexibility index (Phi) is 3.26. The van der Waals surface area contributed by atoms with E-state index in [1.807, 2.05) is 0 Å². The van der Waals surface area contributed by atoms with Gasteiger partial charge in [-0.05, 0) is 18.6 Å². The van der Waals surface area contributed by atoms with Crippen LogP contribution in [0.4, 0.5) is 13.2 Å². The summed E-state index contributed by atoms with van der Waals surface area (Å²) >= 11 is 0. The summed E-state index contributed by atoms with van der Waals surface area (Å²) in [4.78, 5) is 11.0. The van der Waals surface area contributed by atoms with Gasteiger partial charge in [0.05, 0.1) is 5.56 Å². The third-order valence-electron chi connectivity index (χ3n) is 2.13. The van der Waals surface area contributed by atoms with Gasteiger partial charge >= 0.3 is 6.18 Å². The lowest BCUT2D eigenvalue weighted by Gasteiger charge is -2.14. The molecule has 1 rings (SSSR count). The third-order valence-corrected chi connectivity index (χ3v) is 2.13. The second-order valence-corrected chi connectivity index (χ2v) is 3.28. The van der Waals surface area contributed by atoms with Gasteiger partial charge in [-0.3, -0.25) is 4.79 Å². The summed E-state index contributed by atoms with van der Waals surface area (Å²) in [6.07, 6.45) is -3.52. The molecule has 0 saturated carbocycles. The molecule has 1 aromatic rings. The highest BCUT2D eigenvalue weighted by Gasteiger charge is 2.33. The predicted molar refractivity (Wildman–Crippen MR) is 56.9 cm³/mol. The molecular formula is C11H8BF3O. The molecule has 0 unspecified atom stereocenters. The molecule has 0 saturated heterocycles. The first-order chi connectivity index (χ1) is 7.27. The summed E-state index contributed by atoms with van der Waals surface area (Å²) < 4.78 is 37.9. The Morgan fingerprint density at radius 2 is 2.00 bits per heavy atom. The van der Waals surface area contributed by atoms with Gasteiger partial charge in [0.1, 0.15) is 7.85 Å². The molecule has 16 heavy (non-hydrogen) atoms. The first-order valence-corrected chi connectivity index (χ1v) is 4.41. The van der Waals surface area contributed by atoms with Gasteiger partial charge in [0.15, 0.2) is 5.78 Å². The molecule has 0 fully saturated rings. The number of rotatable bonds is 2. The highest BCUT2D eigenvalue weighted by Crippen LogP contribution is 2.32. The van der Waals surface area contributed by atoms with Gasteiger partial charge in [-0.2, -0.15) is 13.2 Å². The van der Waals surface area contributed by atoms with E-state index < -0.39 is 17.5 Å². The number of carbonyl (C=O) groups is 1. The molecule has 1 aromatic carbocycles. The molecule has 0 atom stereocenters. The van der Waals surface area contributed by atoms with E-state index in [1.165, 1.54) is 13.0 Å². The number of benzene rings is 1. The van der Waals surface area contributed by atoms with Crippen LogP contribution in [0.3, 0.4) is 0 Å². The maximum atomic E-state index is 12.6. The van der Waals surface area contributed by atoms with Crippen molar-refractivity contribution in [1.82, 2.24) is 0 Å². The van der Waals surface area contributed by atoms with E-state index in [9.17, 15) is 18.0 Å². The second-order valence-electron chi connectivity index (χ2n) is 3.28. The zero-order chi connectivity index (χ0) is 12.5. The van der Waals surface area contributed by atoms with E-state index in [1.54, 1.807) is 0 Å². The molecule has 0 aliphatic rings.